The van der Waals surface area contributed by atoms with Crippen LogP contribution in [-0.4, -0.2) is 30.8 Å². The SMILES string of the molecule is CCNC(=O)c1ccc(OCCO)c(N)c1. The van der Waals surface area contributed by atoms with Gasteiger partial charge in [0.25, 0.3) is 5.91 Å². The topological polar surface area (TPSA) is 84.6 Å². The third kappa shape index (κ3) is 3.13. The molecule has 0 saturated carbocycles. The summed E-state index contributed by atoms with van der Waals surface area (Å²) in [5, 5.41) is 11.3. The Bertz CT molecular complexity index is 366. The van der Waals surface area contributed by atoms with Crippen LogP contribution in [0.1, 0.15) is 17.3 Å². The number of nitrogens with two attached hydrogens (primary N) is 1. The fraction of sp³-hybridized carbons (Fsp3) is 0.364. The smallest absolute Gasteiger partial charge is 0.251 e. The number of hydrogen-bond acceptors (Lipinski definition) is 4. The molecule has 1 rings (SSSR count). The van der Waals surface area contributed by atoms with Crippen molar-refractivity contribution in [1.29, 1.82) is 0 Å². The summed E-state index contributed by atoms with van der Waals surface area (Å²) in [6.45, 7) is 2.53. The first kappa shape index (κ1) is 12.3. The largest absolute Gasteiger partial charge is 0.489 e. The number of carbonyl (C=O) groups excluding carboxylic acids is 1. The van der Waals surface area contributed by atoms with Crippen LogP contribution in [-0.2, 0) is 0 Å². The van der Waals surface area contributed by atoms with Crippen LogP contribution in [0.25, 0.3) is 0 Å². The quantitative estimate of drug-likeness (QED) is 0.632. The minimum atomic E-state index is -0.164. The molecule has 0 atom stereocenters. The maximum absolute atomic E-state index is 11.5. The lowest BCUT2D eigenvalue weighted by molar-refractivity contribution is 0.0956. The maximum Gasteiger partial charge on any atom is 0.251 e. The van der Waals surface area contributed by atoms with E-state index in [2.05, 4.69) is 5.32 Å². The molecule has 0 unspecified atom stereocenters. The minimum Gasteiger partial charge on any atom is -0.489 e. The van der Waals surface area contributed by atoms with Crippen molar-refractivity contribution >= 4 is 11.6 Å². The summed E-state index contributed by atoms with van der Waals surface area (Å²) in [6.07, 6.45) is 0. The van der Waals surface area contributed by atoms with Crippen LogP contribution in [0.3, 0.4) is 0 Å². The zero-order valence-corrected chi connectivity index (χ0v) is 9.19. The zero-order chi connectivity index (χ0) is 12.0. The number of amides is 1. The van der Waals surface area contributed by atoms with Gasteiger partial charge in [-0.05, 0) is 25.1 Å². The third-order valence-electron chi connectivity index (χ3n) is 1.96. The van der Waals surface area contributed by atoms with E-state index in [4.69, 9.17) is 15.6 Å². The van der Waals surface area contributed by atoms with E-state index < -0.39 is 0 Å². The van der Waals surface area contributed by atoms with E-state index in [0.717, 1.165) is 0 Å². The van der Waals surface area contributed by atoms with Gasteiger partial charge in [0.05, 0.1) is 12.3 Å². The van der Waals surface area contributed by atoms with E-state index in [1.165, 1.54) is 0 Å². The van der Waals surface area contributed by atoms with Crippen molar-refractivity contribution < 1.29 is 14.6 Å². The first-order chi connectivity index (χ1) is 7.69. The molecule has 88 valence electrons. The second-order valence-electron chi connectivity index (χ2n) is 3.18. The molecule has 0 radical (unpaired) electrons. The average molecular weight is 224 g/mol. The van der Waals surface area contributed by atoms with Gasteiger partial charge >= 0.3 is 0 Å². The van der Waals surface area contributed by atoms with Crippen LogP contribution < -0.4 is 15.8 Å². The van der Waals surface area contributed by atoms with E-state index in [-0.39, 0.29) is 19.1 Å². The van der Waals surface area contributed by atoms with Crippen molar-refractivity contribution in [1.82, 2.24) is 5.32 Å². The number of rotatable bonds is 5. The lowest BCUT2D eigenvalue weighted by atomic mass is 10.2. The summed E-state index contributed by atoms with van der Waals surface area (Å²) in [5.74, 6) is 0.310. The lowest BCUT2D eigenvalue weighted by Crippen LogP contribution is -2.22. The molecular weight excluding hydrogens is 208 g/mol. The van der Waals surface area contributed by atoms with Gasteiger partial charge in [0.15, 0.2) is 0 Å². The van der Waals surface area contributed by atoms with E-state index >= 15 is 0 Å². The molecular formula is C11H16N2O3. The number of nitrogen functional groups attached to an aromatic ring is 1. The predicted octanol–water partition coefficient (Wildman–Crippen LogP) is 0.390. The molecule has 0 fully saturated rings. The van der Waals surface area contributed by atoms with Gasteiger partial charge in [0.1, 0.15) is 12.4 Å². The highest BCUT2D eigenvalue weighted by Crippen LogP contribution is 2.22. The van der Waals surface area contributed by atoms with Gasteiger partial charge in [-0.25, -0.2) is 0 Å². The molecule has 1 aromatic carbocycles. The standard InChI is InChI=1S/C11H16N2O3/c1-2-13-11(15)8-3-4-10(9(12)7-8)16-6-5-14/h3-4,7,14H,2,5-6,12H2,1H3,(H,13,15). The van der Waals surface area contributed by atoms with Crippen molar-refractivity contribution in [2.24, 2.45) is 0 Å². The third-order valence-corrected chi connectivity index (χ3v) is 1.96. The molecule has 0 heterocycles. The second kappa shape index (κ2) is 5.97. The van der Waals surface area contributed by atoms with Gasteiger partial charge in [-0.15, -0.1) is 0 Å². The molecule has 0 aliphatic rings. The number of benzene rings is 1. The Hall–Kier alpha value is -1.75. The predicted molar refractivity (Wildman–Crippen MR) is 61.4 cm³/mol. The first-order valence-corrected chi connectivity index (χ1v) is 5.10. The highest BCUT2D eigenvalue weighted by atomic mass is 16.5. The van der Waals surface area contributed by atoms with Crippen LogP contribution in [0.15, 0.2) is 18.2 Å². The summed E-state index contributed by atoms with van der Waals surface area (Å²) in [6, 6.07) is 4.81. The first-order valence-electron chi connectivity index (χ1n) is 5.10. The van der Waals surface area contributed by atoms with Gasteiger partial charge in [-0.3, -0.25) is 4.79 Å². The molecule has 1 aromatic rings. The summed E-state index contributed by atoms with van der Waals surface area (Å²) in [4.78, 5) is 11.5. The molecule has 0 spiro atoms. The lowest BCUT2D eigenvalue weighted by Gasteiger charge is -2.09. The Morgan fingerprint density at radius 2 is 2.31 bits per heavy atom. The van der Waals surface area contributed by atoms with Gasteiger partial charge in [-0.2, -0.15) is 0 Å². The van der Waals surface area contributed by atoms with Crippen molar-refractivity contribution in [2.75, 3.05) is 25.5 Å². The number of carbonyl (C=O) groups is 1. The number of aliphatic hydroxyl groups is 1. The molecule has 0 saturated heterocycles. The zero-order valence-electron chi connectivity index (χ0n) is 9.19. The number of ether oxygens (including phenoxy) is 1. The average Bonchev–Trinajstić information content (AvgIpc) is 2.27. The summed E-state index contributed by atoms with van der Waals surface area (Å²) < 4.78 is 5.17. The number of nitrogens with one attached hydrogen (secondary N) is 1. The van der Waals surface area contributed by atoms with Crippen LogP contribution in [0.5, 0.6) is 5.75 Å². The molecule has 0 aliphatic heterocycles. The number of aliphatic hydroxyl groups excluding tert-OH is 1. The van der Waals surface area contributed by atoms with E-state index in [9.17, 15) is 4.79 Å². The van der Waals surface area contributed by atoms with Crippen molar-refractivity contribution in [3.63, 3.8) is 0 Å². The molecule has 1 amide bonds. The number of anilines is 1. The van der Waals surface area contributed by atoms with Crippen molar-refractivity contribution in [2.45, 2.75) is 6.92 Å². The summed E-state index contributed by atoms with van der Waals surface area (Å²) >= 11 is 0. The van der Waals surface area contributed by atoms with Gasteiger partial charge in [0, 0.05) is 12.1 Å². The van der Waals surface area contributed by atoms with Crippen LogP contribution >= 0.6 is 0 Å². The highest BCUT2D eigenvalue weighted by molar-refractivity contribution is 5.95. The van der Waals surface area contributed by atoms with Gasteiger partial charge in [0.2, 0.25) is 0 Å². The van der Waals surface area contributed by atoms with Crippen molar-refractivity contribution in [3.05, 3.63) is 23.8 Å². The molecule has 4 N–H and O–H groups in total. The molecule has 0 aromatic heterocycles. The summed E-state index contributed by atoms with van der Waals surface area (Å²) in [5.41, 5.74) is 6.59. The maximum atomic E-state index is 11.5. The number of hydrogen-bond donors (Lipinski definition) is 3. The van der Waals surface area contributed by atoms with E-state index in [1.807, 2.05) is 6.92 Å². The minimum absolute atomic E-state index is 0.0719. The van der Waals surface area contributed by atoms with Gasteiger partial charge in [-0.1, -0.05) is 0 Å². The fourth-order valence-electron chi connectivity index (χ4n) is 1.24. The fourth-order valence-corrected chi connectivity index (χ4v) is 1.24. The Morgan fingerprint density at radius 1 is 1.56 bits per heavy atom. The Morgan fingerprint density at radius 3 is 2.88 bits per heavy atom. The Balaban J connectivity index is 2.78. The van der Waals surface area contributed by atoms with Crippen LogP contribution in [0, 0.1) is 0 Å². The monoisotopic (exact) mass is 224 g/mol. The Kier molecular flexibility index (Phi) is 4.60. The van der Waals surface area contributed by atoms with Gasteiger partial charge < -0.3 is 20.9 Å². The van der Waals surface area contributed by atoms with Crippen LogP contribution in [0.2, 0.25) is 0 Å². The van der Waals surface area contributed by atoms with E-state index in [0.29, 0.717) is 23.5 Å². The highest BCUT2D eigenvalue weighted by Gasteiger charge is 2.07. The second-order valence-corrected chi connectivity index (χ2v) is 3.18. The molecule has 16 heavy (non-hydrogen) atoms. The van der Waals surface area contributed by atoms with E-state index in [1.54, 1.807) is 18.2 Å². The van der Waals surface area contributed by atoms with Crippen LogP contribution in [0.4, 0.5) is 5.69 Å². The normalized spacial score (nSPS) is 9.88. The molecule has 0 aliphatic carbocycles. The molecule has 5 nitrogen and oxygen atoms in total. The Labute approximate surface area is 94.2 Å². The summed E-state index contributed by atoms with van der Waals surface area (Å²) in [7, 11) is 0. The van der Waals surface area contributed by atoms with Crippen molar-refractivity contribution in [3.8, 4) is 5.75 Å². The molecule has 0 bridgehead atoms. The molecule has 5 heteroatoms.